The van der Waals surface area contributed by atoms with Gasteiger partial charge in [0.05, 0.1) is 0 Å². The Kier molecular flexibility index (Phi) is 4.04. The Morgan fingerprint density at radius 1 is 1.17 bits per heavy atom. The SMILES string of the molecule is CCc1nc(Cl)cc(Oc2cc(Cl)ccc2C)n1. The number of ether oxygens (including phenoxy) is 1. The van der Waals surface area contributed by atoms with Crippen LogP contribution in [0.2, 0.25) is 10.2 Å². The van der Waals surface area contributed by atoms with Gasteiger partial charge in [-0.1, -0.05) is 36.2 Å². The molecule has 0 bridgehead atoms. The second-order valence-corrected chi connectivity index (χ2v) is 4.63. The van der Waals surface area contributed by atoms with Crippen molar-refractivity contribution in [1.29, 1.82) is 0 Å². The van der Waals surface area contributed by atoms with E-state index in [1.807, 2.05) is 26.0 Å². The van der Waals surface area contributed by atoms with Crippen molar-refractivity contribution in [3.05, 3.63) is 45.8 Å². The van der Waals surface area contributed by atoms with Gasteiger partial charge >= 0.3 is 0 Å². The Hall–Kier alpha value is -1.32. The molecule has 0 aliphatic heterocycles. The van der Waals surface area contributed by atoms with E-state index in [1.54, 1.807) is 12.1 Å². The number of halogens is 2. The van der Waals surface area contributed by atoms with E-state index in [2.05, 4.69) is 9.97 Å². The van der Waals surface area contributed by atoms with Crippen molar-refractivity contribution in [2.75, 3.05) is 0 Å². The zero-order valence-corrected chi connectivity index (χ0v) is 11.6. The minimum absolute atomic E-state index is 0.372. The maximum absolute atomic E-state index is 5.93. The van der Waals surface area contributed by atoms with Crippen molar-refractivity contribution in [3.63, 3.8) is 0 Å². The van der Waals surface area contributed by atoms with E-state index in [-0.39, 0.29) is 0 Å². The summed E-state index contributed by atoms with van der Waals surface area (Å²) in [5, 5.41) is 0.989. The van der Waals surface area contributed by atoms with Crippen LogP contribution < -0.4 is 4.74 Å². The molecule has 94 valence electrons. The van der Waals surface area contributed by atoms with E-state index in [4.69, 9.17) is 27.9 Å². The van der Waals surface area contributed by atoms with E-state index in [9.17, 15) is 0 Å². The molecule has 0 amide bonds. The van der Waals surface area contributed by atoms with Gasteiger partial charge in [0.25, 0.3) is 0 Å². The Bertz CT molecular complexity index is 573. The largest absolute Gasteiger partial charge is 0.439 e. The lowest BCUT2D eigenvalue weighted by Gasteiger charge is -2.09. The van der Waals surface area contributed by atoms with Gasteiger partial charge in [-0.2, -0.15) is 4.98 Å². The van der Waals surface area contributed by atoms with E-state index in [0.29, 0.717) is 34.1 Å². The summed E-state index contributed by atoms with van der Waals surface area (Å²) in [6.45, 7) is 3.90. The van der Waals surface area contributed by atoms with Crippen molar-refractivity contribution in [3.8, 4) is 11.6 Å². The van der Waals surface area contributed by atoms with E-state index in [1.165, 1.54) is 0 Å². The lowest BCUT2D eigenvalue weighted by Crippen LogP contribution is -1.97. The highest BCUT2D eigenvalue weighted by Crippen LogP contribution is 2.27. The van der Waals surface area contributed by atoms with E-state index < -0.39 is 0 Å². The van der Waals surface area contributed by atoms with Crippen LogP contribution in [-0.4, -0.2) is 9.97 Å². The lowest BCUT2D eigenvalue weighted by atomic mass is 10.2. The molecule has 18 heavy (non-hydrogen) atoms. The molecule has 0 aliphatic carbocycles. The summed E-state index contributed by atoms with van der Waals surface area (Å²) in [5.41, 5.74) is 0.979. The molecule has 5 heteroatoms. The predicted octanol–water partition coefficient (Wildman–Crippen LogP) is 4.45. The third-order valence-electron chi connectivity index (χ3n) is 2.40. The lowest BCUT2D eigenvalue weighted by molar-refractivity contribution is 0.455. The highest BCUT2D eigenvalue weighted by Gasteiger charge is 2.07. The molecule has 1 heterocycles. The molecule has 1 aromatic carbocycles. The molecule has 0 atom stereocenters. The van der Waals surface area contributed by atoms with Gasteiger partial charge in [0.1, 0.15) is 16.7 Å². The van der Waals surface area contributed by atoms with Gasteiger partial charge in [0.2, 0.25) is 5.88 Å². The molecule has 0 radical (unpaired) electrons. The van der Waals surface area contributed by atoms with Gasteiger partial charge in [-0.25, -0.2) is 4.98 Å². The molecule has 0 N–H and O–H groups in total. The highest BCUT2D eigenvalue weighted by atomic mass is 35.5. The highest BCUT2D eigenvalue weighted by molar-refractivity contribution is 6.30. The zero-order chi connectivity index (χ0) is 13.1. The molecule has 1 aromatic heterocycles. The monoisotopic (exact) mass is 282 g/mol. The fourth-order valence-corrected chi connectivity index (χ4v) is 1.80. The molecular weight excluding hydrogens is 271 g/mol. The van der Waals surface area contributed by atoms with Crippen molar-refractivity contribution < 1.29 is 4.74 Å². The van der Waals surface area contributed by atoms with Crippen LogP contribution in [0.25, 0.3) is 0 Å². The van der Waals surface area contributed by atoms with Crippen molar-refractivity contribution in [1.82, 2.24) is 9.97 Å². The molecule has 2 aromatic rings. The molecule has 0 spiro atoms. The Morgan fingerprint density at radius 3 is 2.67 bits per heavy atom. The van der Waals surface area contributed by atoms with Crippen LogP contribution in [0.15, 0.2) is 24.3 Å². The number of aryl methyl sites for hydroxylation is 2. The van der Waals surface area contributed by atoms with Gasteiger partial charge in [-0.3, -0.25) is 0 Å². The molecule has 3 nitrogen and oxygen atoms in total. The number of benzene rings is 1. The van der Waals surface area contributed by atoms with Crippen LogP contribution in [0.5, 0.6) is 11.6 Å². The number of nitrogens with zero attached hydrogens (tertiary/aromatic N) is 2. The van der Waals surface area contributed by atoms with Gasteiger partial charge in [0, 0.05) is 17.5 Å². The number of hydrogen-bond acceptors (Lipinski definition) is 3. The summed E-state index contributed by atoms with van der Waals surface area (Å²) in [6, 6.07) is 7.04. The first kappa shape index (κ1) is 13.1. The van der Waals surface area contributed by atoms with Crippen LogP contribution in [0.3, 0.4) is 0 Å². The quantitative estimate of drug-likeness (QED) is 0.781. The zero-order valence-electron chi connectivity index (χ0n) is 10.1. The number of rotatable bonds is 3. The van der Waals surface area contributed by atoms with Gasteiger partial charge in [-0.05, 0) is 24.6 Å². The maximum Gasteiger partial charge on any atom is 0.224 e. The standard InChI is InChI=1S/C13H12Cl2N2O/c1-3-12-16-11(15)7-13(17-12)18-10-6-9(14)5-4-8(10)2/h4-7H,3H2,1-2H3. The summed E-state index contributed by atoms with van der Waals surface area (Å²) in [7, 11) is 0. The molecular formula is C13H12Cl2N2O. The van der Waals surface area contributed by atoms with Crippen LogP contribution in [0.4, 0.5) is 0 Å². The van der Waals surface area contributed by atoms with Gasteiger partial charge in [0.15, 0.2) is 0 Å². The van der Waals surface area contributed by atoms with E-state index in [0.717, 1.165) is 5.56 Å². The average molecular weight is 283 g/mol. The Balaban J connectivity index is 2.33. The minimum Gasteiger partial charge on any atom is -0.439 e. The molecule has 2 rings (SSSR count). The van der Waals surface area contributed by atoms with Crippen LogP contribution >= 0.6 is 23.2 Å². The van der Waals surface area contributed by atoms with Crippen molar-refractivity contribution >= 4 is 23.2 Å². The first-order chi connectivity index (χ1) is 8.58. The second kappa shape index (κ2) is 5.55. The molecule has 0 unspecified atom stereocenters. The fourth-order valence-electron chi connectivity index (χ4n) is 1.45. The van der Waals surface area contributed by atoms with E-state index >= 15 is 0 Å². The third kappa shape index (κ3) is 3.12. The van der Waals surface area contributed by atoms with Gasteiger partial charge < -0.3 is 4.74 Å². The van der Waals surface area contributed by atoms with Crippen LogP contribution in [0.1, 0.15) is 18.3 Å². The fraction of sp³-hybridized carbons (Fsp3) is 0.231. The van der Waals surface area contributed by atoms with Crippen LogP contribution in [0, 0.1) is 6.92 Å². The van der Waals surface area contributed by atoms with Crippen molar-refractivity contribution in [2.24, 2.45) is 0 Å². The molecule has 0 fully saturated rings. The number of hydrogen-bond donors (Lipinski definition) is 0. The second-order valence-electron chi connectivity index (χ2n) is 3.81. The molecule has 0 saturated heterocycles. The predicted molar refractivity (Wildman–Crippen MR) is 72.7 cm³/mol. The first-order valence-electron chi connectivity index (χ1n) is 5.56. The Morgan fingerprint density at radius 2 is 1.94 bits per heavy atom. The molecule has 0 aliphatic rings. The summed E-state index contributed by atoms with van der Waals surface area (Å²) < 4.78 is 5.69. The van der Waals surface area contributed by atoms with Crippen molar-refractivity contribution in [2.45, 2.75) is 20.3 Å². The topological polar surface area (TPSA) is 35.0 Å². The van der Waals surface area contributed by atoms with Crippen LogP contribution in [-0.2, 0) is 6.42 Å². The third-order valence-corrected chi connectivity index (χ3v) is 2.83. The Labute approximate surface area is 116 Å². The summed E-state index contributed by atoms with van der Waals surface area (Å²) >= 11 is 11.8. The maximum atomic E-state index is 5.93. The smallest absolute Gasteiger partial charge is 0.224 e. The van der Waals surface area contributed by atoms with Gasteiger partial charge in [-0.15, -0.1) is 0 Å². The summed E-state index contributed by atoms with van der Waals surface area (Å²) in [6.07, 6.45) is 0.700. The number of aromatic nitrogens is 2. The minimum atomic E-state index is 0.372. The first-order valence-corrected chi connectivity index (χ1v) is 6.31. The summed E-state index contributed by atoms with van der Waals surface area (Å²) in [5.74, 6) is 1.74. The average Bonchev–Trinajstić information content (AvgIpc) is 2.33. The summed E-state index contributed by atoms with van der Waals surface area (Å²) in [4.78, 5) is 8.34. The normalized spacial score (nSPS) is 10.4. The molecule has 0 saturated carbocycles.